The third-order valence-corrected chi connectivity index (χ3v) is 2.84. The highest BCUT2D eigenvalue weighted by Crippen LogP contribution is 2.16. The zero-order valence-corrected chi connectivity index (χ0v) is 10.9. The smallest absolute Gasteiger partial charge is 0.227 e. The van der Waals surface area contributed by atoms with Crippen molar-refractivity contribution < 1.29 is 4.74 Å². The van der Waals surface area contributed by atoms with E-state index in [1.165, 1.54) is 0 Å². The molecule has 1 rings (SSSR count). The predicted octanol–water partition coefficient (Wildman–Crippen LogP) is 1.70. The molecule has 1 heterocycles. The Morgan fingerprint density at radius 2 is 2.12 bits per heavy atom. The van der Waals surface area contributed by atoms with Gasteiger partial charge in [-0.1, -0.05) is 13.8 Å². The number of anilines is 2. The van der Waals surface area contributed by atoms with Crippen LogP contribution in [0.3, 0.4) is 0 Å². The van der Waals surface area contributed by atoms with Gasteiger partial charge >= 0.3 is 0 Å². The van der Waals surface area contributed by atoms with Crippen molar-refractivity contribution in [1.29, 1.82) is 0 Å². The summed E-state index contributed by atoms with van der Waals surface area (Å²) in [4.78, 5) is 10.7. The largest absolute Gasteiger partial charge is 0.384 e. The molecule has 5 nitrogen and oxygen atoms in total. The van der Waals surface area contributed by atoms with Crippen LogP contribution >= 0.6 is 0 Å². The fourth-order valence-electron chi connectivity index (χ4n) is 1.87. The van der Waals surface area contributed by atoms with Crippen molar-refractivity contribution in [3.05, 3.63) is 12.3 Å². The van der Waals surface area contributed by atoms with Gasteiger partial charge in [0.2, 0.25) is 5.95 Å². The molecule has 0 bridgehead atoms. The lowest BCUT2D eigenvalue weighted by molar-refractivity contribution is 0.202. The van der Waals surface area contributed by atoms with Gasteiger partial charge in [-0.3, -0.25) is 0 Å². The van der Waals surface area contributed by atoms with Gasteiger partial charge in [0.05, 0.1) is 6.61 Å². The van der Waals surface area contributed by atoms with Gasteiger partial charge in [0.15, 0.2) is 0 Å². The van der Waals surface area contributed by atoms with E-state index >= 15 is 0 Å². The number of methoxy groups -OCH3 is 1. The first-order valence-electron chi connectivity index (χ1n) is 6.07. The molecule has 0 radical (unpaired) electrons. The Bertz CT molecular complexity index is 328. The quantitative estimate of drug-likeness (QED) is 0.783. The van der Waals surface area contributed by atoms with Crippen molar-refractivity contribution in [3.8, 4) is 0 Å². The number of nitrogens with zero attached hydrogens (tertiary/aromatic N) is 3. The average molecular weight is 238 g/mol. The molecule has 0 saturated carbocycles. The molecule has 0 aliphatic carbocycles. The van der Waals surface area contributed by atoms with E-state index in [-0.39, 0.29) is 0 Å². The van der Waals surface area contributed by atoms with Crippen LogP contribution in [0.4, 0.5) is 11.8 Å². The van der Waals surface area contributed by atoms with Gasteiger partial charge in [-0.25, -0.2) is 4.98 Å². The lowest BCUT2D eigenvalue weighted by Gasteiger charge is -2.30. The normalized spacial score (nSPS) is 10.8. The average Bonchev–Trinajstić information content (AvgIpc) is 2.34. The van der Waals surface area contributed by atoms with Crippen molar-refractivity contribution in [1.82, 2.24) is 9.97 Å². The summed E-state index contributed by atoms with van der Waals surface area (Å²) in [6.07, 6.45) is 3.80. The molecule has 0 aromatic carbocycles. The highest BCUT2D eigenvalue weighted by molar-refractivity contribution is 5.38. The number of nitrogen functional groups attached to an aromatic ring is 1. The van der Waals surface area contributed by atoms with E-state index in [0.717, 1.165) is 19.4 Å². The van der Waals surface area contributed by atoms with Crippen LogP contribution in [-0.2, 0) is 4.74 Å². The van der Waals surface area contributed by atoms with Gasteiger partial charge in [0.1, 0.15) is 5.82 Å². The molecule has 0 unspecified atom stereocenters. The Balaban J connectivity index is 2.88. The predicted molar refractivity (Wildman–Crippen MR) is 70.0 cm³/mol. The number of hydrogen-bond acceptors (Lipinski definition) is 5. The lowest BCUT2D eigenvalue weighted by atomic mass is 10.1. The summed E-state index contributed by atoms with van der Waals surface area (Å²) in [5.41, 5.74) is 5.70. The SMILES string of the molecule is CCC(CC)N(CCOC)c1nccc(N)n1. The molecule has 0 saturated heterocycles. The summed E-state index contributed by atoms with van der Waals surface area (Å²) < 4.78 is 5.13. The van der Waals surface area contributed by atoms with Gasteiger partial charge in [-0.15, -0.1) is 0 Å². The Morgan fingerprint density at radius 3 is 2.65 bits per heavy atom. The van der Waals surface area contributed by atoms with Crippen LogP contribution in [0.25, 0.3) is 0 Å². The van der Waals surface area contributed by atoms with Crippen molar-refractivity contribution >= 4 is 11.8 Å². The first kappa shape index (κ1) is 13.7. The van der Waals surface area contributed by atoms with Crippen LogP contribution in [0.2, 0.25) is 0 Å². The minimum atomic E-state index is 0.423. The molecule has 0 aliphatic rings. The lowest BCUT2D eigenvalue weighted by Crippen LogP contribution is -2.38. The number of rotatable bonds is 7. The van der Waals surface area contributed by atoms with Crippen molar-refractivity contribution in [2.24, 2.45) is 0 Å². The molecule has 5 heteroatoms. The maximum absolute atomic E-state index is 5.70. The van der Waals surface area contributed by atoms with Crippen LogP contribution in [0, 0.1) is 0 Å². The number of aromatic nitrogens is 2. The molecule has 2 N–H and O–H groups in total. The third kappa shape index (κ3) is 3.85. The van der Waals surface area contributed by atoms with Crippen molar-refractivity contribution in [3.63, 3.8) is 0 Å². The Kier molecular flexibility index (Phi) is 5.69. The van der Waals surface area contributed by atoms with Crippen molar-refractivity contribution in [2.75, 3.05) is 30.9 Å². The summed E-state index contributed by atoms with van der Waals surface area (Å²) in [6, 6.07) is 2.12. The van der Waals surface area contributed by atoms with E-state index in [9.17, 15) is 0 Å². The van der Waals surface area contributed by atoms with E-state index in [1.807, 2.05) is 0 Å². The Morgan fingerprint density at radius 1 is 1.41 bits per heavy atom. The molecule has 0 atom stereocenters. The summed E-state index contributed by atoms with van der Waals surface area (Å²) in [5.74, 6) is 1.19. The van der Waals surface area contributed by atoms with Gasteiger partial charge in [-0.05, 0) is 18.9 Å². The first-order chi connectivity index (χ1) is 8.22. The molecule has 0 amide bonds. The monoisotopic (exact) mass is 238 g/mol. The third-order valence-electron chi connectivity index (χ3n) is 2.84. The minimum absolute atomic E-state index is 0.423. The molecule has 96 valence electrons. The standard InChI is InChI=1S/C12H22N4O/c1-4-10(5-2)16(8-9-17-3)12-14-7-6-11(13)15-12/h6-7,10H,4-5,8-9H2,1-3H3,(H2,13,14,15). The van der Waals surface area contributed by atoms with Crippen LogP contribution in [0.1, 0.15) is 26.7 Å². The number of nitrogens with two attached hydrogens (primary N) is 1. The number of hydrogen-bond donors (Lipinski definition) is 1. The molecular weight excluding hydrogens is 216 g/mol. The molecular formula is C12H22N4O. The van der Waals surface area contributed by atoms with Crippen LogP contribution in [-0.4, -0.2) is 36.3 Å². The Labute approximate surface area is 103 Å². The zero-order chi connectivity index (χ0) is 12.7. The van der Waals surface area contributed by atoms with Gasteiger partial charge in [-0.2, -0.15) is 4.98 Å². The van der Waals surface area contributed by atoms with Crippen LogP contribution in [0.15, 0.2) is 12.3 Å². The fraction of sp³-hybridized carbons (Fsp3) is 0.667. The van der Waals surface area contributed by atoms with E-state index in [1.54, 1.807) is 19.4 Å². The molecule has 1 aromatic rings. The summed E-state index contributed by atoms with van der Waals surface area (Å²) >= 11 is 0. The maximum Gasteiger partial charge on any atom is 0.227 e. The van der Waals surface area contributed by atoms with E-state index < -0.39 is 0 Å². The summed E-state index contributed by atoms with van der Waals surface area (Å²) in [5, 5.41) is 0. The van der Waals surface area contributed by atoms with Gasteiger partial charge in [0, 0.05) is 25.9 Å². The maximum atomic E-state index is 5.70. The molecule has 0 aliphatic heterocycles. The molecule has 0 spiro atoms. The highest BCUT2D eigenvalue weighted by atomic mass is 16.5. The van der Waals surface area contributed by atoms with Crippen LogP contribution < -0.4 is 10.6 Å². The first-order valence-corrected chi connectivity index (χ1v) is 6.07. The molecule has 17 heavy (non-hydrogen) atoms. The van der Waals surface area contributed by atoms with E-state index in [2.05, 4.69) is 28.7 Å². The molecule has 1 aromatic heterocycles. The van der Waals surface area contributed by atoms with Gasteiger partial charge < -0.3 is 15.4 Å². The topological polar surface area (TPSA) is 64.3 Å². The second-order valence-electron chi connectivity index (χ2n) is 3.94. The van der Waals surface area contributed by atoms with E-state index in [4.69, 9.17) is 10.5 Å². The second-order valence-corrected chi connectivity index (χ2v) is 3.94. The minimum Gasteiger partial charge on any atom is -0.384 e. The number of ether oxygens (including phenoxy) is 1. The molecule has 0 fully saturated rings. The zero-order valence-electron chi connectivity index (χ0n) is 10.9. The van der Waals surface area contributed by atoms with Crippen LogP contribution in [0.5, 0.6) is 0 Å². The van der Waals surface area contributed by atoms with E-state index in [0.29, 0.717) is 24.4 Å². The summed E-state index contributed by atoms with van der Waals surface area (Å²) in [6.45, 7) is 5.78. The Hall–Kier alpha value is -1.36. The second kappa shape index (κ2) is 7.06. The summed E-state index contributed by atoms with van der Waals surface area (Å²) in [7, 11) is 1.70. The van der Waals surface area contributed by atoms with Gasteiger partial charge in [0.25, 0.3) is 0 Å². The highest BCUT2D eigenvalue weighted by Gasteiger charge is 2.17. The van der Waals surface area contributed by atoms with Crippen molar-refractivity contribution in [2.45, 2.75) is 32.7 Å². The fourth-order valence-corrected chi connectivity index (χ4v) is 1.87.